The van der Waals surface area contributed by atoms with Crippen LogP contribution in [0.5, 0.6) is 0 Å². The van der Waals surface area contributed by atoms with E-state index < -0.39 is 18.6 Å². The largest absolute Gasteiger partial charge is 0.478 e. The molecule has 0 saturated heterocycles. The maximum atomic E-state index is 12.7. The quantitative estimate of drug-likeness (QED) is 0.671. The number of alkyl halides is 3. The lowest BCUT2D eigenvalue weighted by molar-refractivity contribution is -0.127. The summed E-state index contributed by atoms with van der Waals surface area (Å²) in [4.78, 5) is 14.1. The topological polar surface area (TPSA) is 70.9 Å². The first-order chi connectivity index (χ1) is 12.6. The van der Waals surface area contributed by atoms with Crippen molar-refractivity contribution in [3.63, 3.8) is 0 Å². The summed E-state index contributed by atoms with van der Waals surface area (Å²) < 4.78 is 39.6. The summed E-state index contributed by atoms with van der Waals surface area (Å²) in [5, 5.41) is 13.1. The van der Waals surface area contributed by atoms with Crippen molar-refractivity contribution in [2.24, 2.45) is 0 Å². The lowest BCUT2D eigenvalue weighted by Crippen LogP contribution is -2.12. The van der Waals surface area contributed by atoms with Crippen LogP contribution in [-0.2, 0) is 6.42 Å². The molecule has 2 heterocycles. The maximum Gasteiger partial charge on any atom is 0.394 e. The van der Waals surface area contributed by atoms with E-state index in [1.165, 1.54) is 22.9 Å². The maximum absolute atomic E-state index is 12.7. The Hall–Kier alpha value is -3.03. The van der Waals surface area contributed by atoms with Crippen molar-refractivity contribution in [3.8, 4) is 17.1 Å². The number of nitrogens with zero attached hydrogens (tertiary/aromatic N) is 2. The molecule has 0 saturated carbocycles. The van der Waals surface area contributed by atoms with Crippen LogP contribution in [0.15, 0.2) is 42.5 Å². The zero-order valence-electron chi connectivity index (χ0n) is 14.7. The fraction of sp³-hybridized carbons (Fsp3) is 0.263. The molecule has 0 bridgehead atoms. The van der Waals surface area contributed by atoms with E-state index in [4.69, 9.17) is 5.11 Å². The van der Waals surface area contributed by atoms with Crippen LogP contribution < -0.4 is 0 Å². The van der Waals surface area contributed by atoms with Crippen LogP contribution in [0, 0.1) is 0 Å². The molecule has 0 aliphatic rings. The van der Waals surface area contributed by atoms with E-state index in [2.05, 4.69) is 10.1 Å². The molecule has 27 heavy (non-hydrogen) atoms. The first-order valence-electron chi connectivity index (χ1n) is 8.33. The van der Waals surface area contributed by atoms with Gasteiger partial charge in [0.2, 0.25) is 0 Å². The predicted octanol–water partition coefficient (Wildman–Crippen LogP) is 4.79. The highest BCUT2D eigenvalue weighted by atomic mass is 19.4. The Balaban J connectivity index is 1.94. The molecule has 0 fully saturated rings. The summed E-state index contributed by atoms with van der Waals surface area (Å²) in [7, 11) is 0. The summed E-state index contributed by atoms with van der Waals surface area (Å²) in [6, 6.07) is 11.3. The van der Waals surface area contributed by atoms with Gasteiger partial charge in [-0.1, -0.05) is 26.0 Å². The number of benzene rings is 1. The minimum Gasteiger partial charge on any atom is -0.478 e. The van der Waals surface area contributed by atoms with E-state index in [0.29, 0.717) is 17.2 Å². The molecule has 5 nitrogen and oxygen atoms in total. The predicted molar refractivity (Wildman–Crippen MR) is 94.2 cm³/mol. The van der Waals surface area contributed by atoms with Crippen LogP contribution in [0.3, 0.4) is 0 Å². The molecular weight excluding hydrogens is 359 g/mol. The Morgan fingerprint density at radius 1 is 1.19 bits per heavy atom. The Morgan fingerprint density at radius 2 is 1.85 bits per heavy atom. The summed E-state index contributed by atoms with van der Waals surface area (Å²) >= 11 is 0. The van der Waals surface area contributed by atoms with Gasteiger partial charge in [0, 0.05) is 11.4 Å². The second-order valence-electron chi connectivity index (χ2n) is 6.56. The molecule has 2 aromatic heterocycles. The molecule has 0 atom stereocenters. The van der Waals surface area contributed by atoms with Crippen molar-refractivity contribution in [1.82, 2.24) is 14.8 Å². The third-order valence-electron chi connectivity index (χ3n) is 4.10. The lowest BCUT2D eigenvalue weighted by atomic mass is 10.1. The van der Waals surface area contributed by atoms with Crippen LogP contribution >= 0.6 is 0 Å². The number of hydrogen-bond acceptors (Lipinski definition) is 2. The van der Waals surface area contributed by atoms with E-state index in [-0.39, 0.29) is 17.2 Å². The average molecular weight is 377 g/mol. The van der Waals surface area contributed by atoms with Crippen molar-refractivity contribution in [2.75, 3.05) is 0 Å². The van der Waals surface area contributed by atoms with Crippen LogP contribution in [0.1, 0.15) is 41.5 Å². The Bertz CT molecular complexity index is 953. The Kier molecular flexibility index (Phi) is 4.82. The fourth-order valence-electron chi connectivity index (χ4n) is 2.81. The Morgan fingerprint density at radius 3 is 2.41 bits per heavy atom. The van der Waals surface area contributed by atoms with E-state index >= 15 is 0 Å². The minimum atomic E-state index is -4.32. The van der Waals surface area contributed by atoms with Gasteiger partial charge in [0.05, 0.1) is 17.7 Å². The molecule has 0 unspecified atom stereocenters. The number of rotatable bonds is 5. The second kappa shape index (κ2) is 6.94. The number of hydrogen-bond donors (Lipinski definition) is 2. The number of aromatic carboxylic acids is 1. The molecule has 1 aromatic carbocycles. The summed E-state index contributed by atoms with van der Waals surface area (Å²) in [6.07, 6.45) is -5.40. The van der Waals surface area contributed by atoms with Gasteiger partial charge in [-0.15, -0.1) is 0 Å². The number of aromatic amines is 1. The third-order valence-corrected chi connectivity index (χ3v) is 4.10. The molecular formula is C19H18F3N3O2. The number of carboxylic acids is 1. The van der Waals surface area contributed by atoms with Crippen LogP contribution in [0.2, 0.25) is 0 Å². The highest BCUT2D eigenvalue weighted by Gasteiger charge is 2.30. The number of nitrogens with one attached hydrogen (secondary N) is 1. The minimum absolute atomic E-state index is 0.0129. The standard InChI is InChI=1S/C19H18F3N3O2/c1-11(2)16-9-14(10-19(20,21)22)24-25(16)17-8-7-15(23-17)12-3-5-13(6-4-12)18(26)27/h3-9,11,23H,10H2,1-2H3,(H,26,27). The smallest absolute Gasteiger partial charge is 0.394 e. The van der Waals surface area contributed by atoms with Crippen molar-refractivity contribution >= 4 is 5.97 Å². The van der Waals surface area contributed by atoms with E-state index in [1.807, 2.05) is 13.8 Å². The highest BCUT2D eigenvalue weighted by molar-refractivity contribution is 5.88. The molecule has 0 aliphatic carbocycles. The van der Waals surface area contributed by atoms with Crippen LogP contribution in [0.25, 0.3) is 17.1 Å². The monoisotopic (exact) mass is 377 g/mol. The first kappa shape index (κ1) is 18.8. The van der Waals surface area contributed by atoms with Gasteiger partial charge < -0.3 is 10.1 Å². The SMILES string of the molecule is CC(C)c1cc(CC(F)(F)F)nn1-c1ccc(-c2ccc(C(=O)O)cc2)[nH]1. The highest BCUT2D eigenvalue weighted by Crippen LogP contribution is 2.27. The van der Waals surface area contributed by atoms with Gasteiger partial charge in [-0.25, -0.2) is 9.48 Å². The zero-order valence-corrected chi connectivity index (χ0v) is 14.7. The molecule has 142 valence electrons. The van der Waals surface area contributed by atoms with Gasteiger partial charge in [0.1, 0.15) is 5.82 Å². The van der Waals surface area contributed by atoms with Gasteiger partial charge >= 0.3 is 12.1 Å². The van der Waals surface area contributed by atoms with Crippen molar-refractivity contribution < 1.29 is 23.1 Å². The van der Waals surface area contributed by atoms with Crippen LogP contribution in [0.4, 0.5) is 13.2 Å². The fourth-order valence-corrected chi connectivity index (χ4v) is 2.81. The zero-order chi connectivity index (χ0) is 19.8. The molecule has 0 amide bonds. The van der Waals surface area contributed by atoms with Gasteiger partial charge in [-0.2, -0.15) is 18.3 Å². The normalized spacial score (nSPS) is 11.9. The van der Waals surface area contributed by atoms with E-state index in [9.17, 15) is 18.0 Å². The first-order valence-corrected chi connectivity index (χ1v) is 8.33. The van der Waals surface area contributed by atoms with Gasteiger partial charge in [0.15, 0.2) is 0 Å². The lowest BCUT2D eigenvalue weighted by Gasteiger charge is -2.08. The number of carbonyl (C=O) groups is 1. The van der Waals surface area contributed by atoms with Gasteiger partial charge in [-0.05, 0) is 41.8 Å². The summed E-state index contributed by atoms with van der Waals surface area (Å²) in [6.45, 7) is 3.78. The summed E-state index contributed by atoms with van der Waals surface area (Å²) in [5.74, 6) is -0.477. The molecule has 0 spiro atoms. The summed E-state index contributed by atoms with van der Waals surface area (Å²) in [5.41, 5.74) is 2.29. The van der Waals surface area contributed by atoms with E-state index in [1.54, 1.807) is 24.3 Å². The van der Waals surface area contributed by atoms with Crippen molar-refractivity contribution in [1.29, 1.82) is 0 Å². The second-order valence-corrected chi connectivity index (χ2v) is 6.56. The van der Waals surface area contributed by atoms with Crippen molar-refractivity contribution in [3.05, 3.63) is 59.4 Å². The molecule has 2 N–H and O–H groups in total. The van der Waals surface area contributed by atoms with Gasteiger partial charge in [-0.3, -0.25) is 0 Å². The molecule has 3 aromatic rings. The number of halogens is 3. The Labute approximate surface area is 153 Å². The number of carboxylic acid groups (broad SMARTS) is 1. The van der Waals surface area contributed by atoms with E-state index in [0.717, 1.165) is 5.56 Å². The molecule has 8 heteroatoms. The number of H-pyrrole nitrogens is 1. The van der Waals surface area contributed by atoms with Gasteiger partial charge in [0.25, 0.3) is 0 Å². The molecule has 0 aliphatic heterocycles. The number of aromatic nitrogens is 3. The molecule has 3 rings (SSSR count). The third kappa shape index (κ3) is 4.21. The molecule has 0 radical (unpaired) electrons. The average Bonchev–Trinajstić information content (AvgIpc) is 3.20. The van der Waals surface area contributed by atoms with Crippen LogP contribution in [-0.4, -0.2) is 32.0 Å². The van der Waals surface area contributed by atoms with Crippen molar-refractivity contribution in [2.45, 2.75) is 32.4 Å².